The first-order valence-corrected chi connectivity index (χ1v) is 9.49. The van der Waals surface area contributed by atoms with Crippen molar-refractivity contribution in [3.8, 4) is 0 Å². The Bertz CT molecular complexity index is 772. The van der Waals surface area contributed by atoms with Gasteiger partial charge in [-0.15, -0.1) is 0 Å². The summed E-state index contributed by atoms with van der Waals surface area (Å²) in [5, 5.41) is 5.87. The van der Waals surface area contributed by atoms with Crippen molar-refractivity contribution in [1.82, 2.24) is 10.6 Å². The lowest BCUT2D eigenvalue weighted by atomic mass is 9.87. The highest BCUT2D eigenvalue weighted by molar-refractivity contribution is 5.95. The number of carbonyl (C=O) groups is 2. The zero-order valence-electron chi connectivity index (χ0n) is 16.9. The minimum Gasteiger partial charge on any atom is -0.350 e. The van der Waals surface area contributed by atoms with E-state index >= 15 is 0 Å². The van der Waals surface area contributed by atoms with Gasteiger partial charge in [-0.25, -0.2) is 0 Å². The standard InChI is InChI=1S/C23H30N2O2/c1-6-16(2)25-22(27)19-9-7-17(8-10-19)15-24-21(26)18-11-13-20(14-12-18)23(3,4)5/h7-14,16H,6,15H2,1-5H3,(H,24,26)(H,25,27). The Morgan fingerprint density at radius 3 is 1.93 bits per heavy atom. The van der Waals surface area contributed by atoms with E-state index in [-0.39, 0.29) is 23.3 Å². The monoisotopic (exact) mass is 366 g/mol. The highest BCUT2D eigenvalue weighted by Gasteiger charge is 2.14. The molecule has 144 valence electrons. The third-order valence-electron chi connectivity index (χ3n) is 4.67. The van der Waals surface area contributed by atoms with E-state index < -0.39 is 0 Å². The van der Waals surface area contributed by atoms with Gasteiger partial charge in [0.2, 0.25) is 0 Å². The molecule has 4 heteroatoms. The van der Waals surface area contributed by atoms with Gasteiger partial charge >= 0.3 is 0 Å². The first-order chi connectivity index (χ1) is 12.7. The van der Waals surface area contributed by atoms with Gasteiger partial charge in [-0.05, 0) is 54.2 Å². The van der Waals surface area contributed by atoms with Crippen LogP contribution in [-0.2, 0) is 12.0 Å². The van der Waals surface area contributed by atoms with Crippen LogP contribution in [0.4, 0.5) is 0 Å². The molecule has 1 atom stereocenters. The third kappa shape index (κ3) is 5.95. The summed E-state index contributed by atoms with van der Waals surface area (Å²) in [7, 11) is 0. The van der Waals surface area contributed by atoms with Crippen molar-refractivity contribution in [3.05, 3.63) is 70.8 Å². The van der Waals surface area contributed by atoms with Gasteiger partial charge in [-0.2, -0.15) is 0 Å². The molecule has 0 saturated carbocycles. The maximum atomic E-state index is 12.3. The first-order valence-electron chi connectivity index (χ1n) is 9.49. The minimum absolute atomic E-state index is 0.0674. The quantitative estimate of drug-likeness (QED) is 0.794. The van der Waals surface area contributed by atoms with Gasteiger partial charge in [0.05, 0.1) is 0 Å². The van der Waals surface area contributed by atoms with Crippen molar-refractivity contribution >= 4 is 11.8 Å². The molecular formula is C23H30N2O2. The Hall–Kier alpha value is -2.62. The number of hydrogen-bond donors (Lipinski definition) is 2. The zero-order valence-corrected chi connectivity index (χ0v) is 16.9. The second kappa shape index (κ2) is 8.85. The van der Waals surface area contributed by atoms with E-state index in [1.807, 2.05) is 50.2 Å². The molecule has 2 rings (SSSR count). The second-order valence-corrected chi connectivity index (χ2v) is 7.99. The molecule has 2 N–H and O–H groups in total. The summed E-state index contributed by atoms with van der Waals surface area (Å²) in [5.74, 6) is -0.173. The van der Waals surface area contributed by atoms with Crippen LogP contribution in [0.3, 0.4) is 0 Å². The van der Waals surface area contributed by atoms with E-state index in [4.69, 9.17) is 0 Å². The Balaban J connectivity index is 1.92. The molecule has 27 heavy (non-hydrogen) atoms. The Morgan fingerprint density at radius 1 is 0.889 bits per heavy atom. The minimum atomic E-state index is -0.103. The zero-order chi connectivity index (χ0) is 20.0. The maximum absolute atomic E-state index is 12.3. The lowest BCUT2D eigenvalue weighted by Gasteiger charge is -2.19. The molecule has 0 aliphatic carbocycles. The molecule has 2 aromatic carbocycles. The largest absolute Gasteiger partial charge is 0.350 e. The predicted octanol–water partition coefficient (Wildman–Crippen LogP) is 4.44. The molecule has 2 amide bonds. The molecule has 0 radical (unpaired) electrons. The van der Waals surface area contributed by atoms with E-state index in [0.29, 0.717) is 17.7 Å². The van der Waals surface area contributed by atoms with Crippen LogP contribution >= 0.6 is 0 Å². The fourth-order valence-electron chi connectivity index (χ4n) is 2.59. The lowest BCUT2D eigenvalue weighted by molar-refractivity contribution is 0.0934. The fourth-order valence-corrected chi connectivity index (χ4v) is 2.59. The van der Waals surface area contributed by atoms with Crippen molar-refractivity contribution in [1.29, 1.82) is 0 Å². The highest BCUT2D eigenvalue weighted by Crippen LogP contribution is 2.22. The first kappa shape index (κ1) is 20.7. The van der Waals surface area contributed by atoms with Gasteiger partial charge in [0, 0.05) is 23.7 Å². The molecule has 0 saturated heterocycles. The Labute approximate surface area is 162 Å². The summed E-state index contributed by atoms with van der Waals surface area (Å²) in [5.41, 5.74) is 3.49. The van der Waals surface area contributed by atoms with Gasteiger partial charge in [-0.3, -0.25) is 9.59 Å². The summed E-state index contributed by atoms with van der Waals surface area (Å²) < 4.78 is 0. The van der Waals surface area contributed by atoms with Crippen molar-refractivity contribution in [2.24, 2.45) is 0 Å². The number of rotatable bonds is 6. The molecular weight excluding hydrogens is 336 g/mol. The van der Waals surface area contributed by atoms with Crippen LogP contribution in [0.1, 0.15) is 72.9 Å². The topological polar surface area (TPSA) is 58.2 Å². The Morgan fingerprint density at radius 2 is 1.41 bits per heavy atom. The predicted molar refractivity (Wildman–Crippen MR) is 110 cm³/mol. The third-order valence-corrected chi connectivity index (χ3v) is 4.67. The fraction of sp³-hybridized carbons (Fsp3) is 0.391. The van der Waals surface area contributed by atoms with Gasteiger partial charge < -0.3 is 10.6 Å². The molecule has 0 aliphatic rings. The summed E-state index contributed by atoms with van der Waals surface area (Å²) in [4.78, 5) is 24.4. The van der Waals surface area contributed by atoms with E-state index in [9.17, 15) is 9.59 Å². The van der Waals surface area contributed by atoms with Gasteiger partial charge in [0.15, 0.2) is 0 Å². The lowest BCUT2D eigenvalue weighted by Crippen LogP contribution is -2.31. The number of amides is 2. The van der Waals surface area contributed by atoms with Crippen LogP contribution in [0.15, 0.2) is 48.5 Å². The van der Waals surface area contributed by atoms with Crippen molar-refractivity contribution in [2.75, 3.05) is 0 Å². The van der Waals surface area contributed by atoms with E-state index in [1.165, 1.54) is 5.56 Å². The van der Waals surface area contributed by atoms with Crippen molar-refractivity contribution in [3.63, 3.8) is 0 Å². The molecule has 0 bridgehead atoms. The molecule has 0 aromatic heterocycles. The number of nitrogens with one attached hydrogen (secondary N) is 2. The van der Waals surface area contributed by atoms with Crippen molar-refractivity contribution in [2.45, 2.75) is 59.0 Å². The molecule has 0 spiro atoms. The Kier molecular flexibility index (Phi) is 6.78. The SMILES string of the molecule is CCC(C)NC(=O)c1ccc(CNC(=O)c2ccc(C(C)(C)C)cc2)cc1. The average Bonchev–Trinajstić information content (AvgIpc) is 2.65. The van der Waals surface area contributed by atoms with Crippen LogP contribution < -0.4 is 10.6 Å². The maximum Gasteiger partial charge on any atom is 0.251 e. The van der Waals surface area contributed by atoms with Gasteiger partial charge in [0.25, 0.3) is 11.8 Å². The van der Waals surface area contributed by atoms with Crippen LogP contribution in [0.5, 0.6) is 0 Å². The van der Waals surface area contributed by atoms with Crippen LogP contribution in [-0.4, -0.2) is 17.9 Å². The molecule has 0 heterocycles. The highest BCUT2D eigenvalue weighted by atomic mass is 16.2. The molecule has 1 unspecified atom stereocenters. The molecule has 2 aromatic rings. The second-order valence-electron chi connectivity index (χ2n) is 7.99. The molecule has 4 nitrogen and oxygen atoms in total. The summed E-state index contributed by atoms with van der Waals surface area (Å²) in [6, 6.07) is 15.2. The van der Waals surface area contributed by atoms with Crippen LogP contribution in [0, 0.1) is 0 Å². The van der Waals surface area contributed by atoms with Crippen molar-refractivity contribution < 1.29 is 9.59 Å². The van der Waals surface area contributed by atoms with Gasteiger partial charge in [0.1, 0.15) is 0 Å². The molecule has 0 aliphatic heterocycles. The van der Waals surface area contributed by atoms with E-state index in [2.05, 4.69) is 31.4 Å². The summed E-state index contributed by atoms with van der Waals surface area (Å²) >= 11 is 0. The van der Waals surface area contributed by atoms with Crippen LogP contribution in [0.25, 0.3) is 0 Å². The average molecular weight is 367 g/mol. The number of benzene rings is 2. The smallest absolute Gasteiger partial charge is 0.251 e. The molecule has 0 fully saturated rings. The van der Waals surface area contributed by atoms with Crippen LogP contribution in [0.2, 0.25) is 0 Å². The normalized spacial score (nSPS) is 12.3. The van der Waals surface area contributed by atoms with E-state index in [0.717, 1.165) is 12.0 Å². The van der Waals surface area contributed by atoms with Gasteiger partial charge in [-0.1, -0.05) is 52.0 Å². The number of carbonyl (C=O) groups excluding carboxylic acids is 2. The summed E-state index contributed by atoms with van der Waals surface area (Å²) in [6.45, 7) is 10.9. The number of hydrogen-bond acceptors (Lipinski definition) is 2. The van der Waals surface area contributed by atoms with E-state index in [1.54, 1.807) is 12.1 Å². The summed E-state index contributed by atoms with van der Waals surface area (Å²) in [6.07, 6.45) is 0.895.